The fraction of sp³-hybridized carbons (Fsp3) is 0.944. The molecular formula is C18H32N2O. The lowest BCUT2D eigenvalue weighted by Crippen LogP contribution is -2.51. The van der Waals surface area contributed by atoms with Gasteiger partial charge in [-0.1, -0.05) is 32.1 Å². The van der Waals surface area contributed by atoms with Crippen LogP contribution in [0.2, 0.25) is 0 Å². The molecule has 2 unspecified atom stereocenters. The third-order valence-corrected chi connectivity index (χ3v) is 5.77. The number of hydrogen-bond donors (Lipinski definition) is 1. The highest BCUT2D eigenvalue weighted by Gasteiger charge is 2.33. The van der Waals surface area contributed by atoms with Crippen LogP contribution in [0.25, 0.3) is 0 Å². The number of nitrogens with one attached hydrogen (secondary N) is 1. The van der Waals surface area contributed by atoms with Gasteiger partial charge in [0.15, 0.2) is 0 Å². The molecule has 2 saturated carbocycles. The van der Waals surface area contributed by atoms with Crippen LogP contribution in [0.15, 0.2) is 0 Å². The second-order valence-electron chi connectivity index (χ2n) is 7.81. The van der Waals surface area contributed by atoms with E-state index in [1.165, 1.54) is 64.3 Å². The minimum absolute atomic E-state index is 0.264. The first kappa shape index (κ1) is 15.3. The predicted octanol–water partition coefficient (Wildman–Crippen LogP) is 3.19. The molecule has 1 saturated heterocycles. The molecule has 1 heterocycles. The van der Waals surface area contributed by atoms with Gasteiger partial charge in [0, 0.05) is 26.1 Å². The molecule has 2 aliphatic carbocycles. The monoisotopic (exact) mass is 292 g/mol. The van der Waals surface area contributed by atoms with Crippen LogP contribution >= 0.6 is 0 Å². The molecule has 0 radical (unpaired) electrons. The van der Waals surface area contributed by atoms with Crippen LogP contribution in [0.1, 0.15) is 64.7 Å². The lowest BCUT2D eigenvalue weighted by atomic mass is 9.87. The van der Waals surface area contributed by atoms with Crippen molar-refractivity contribution in [2.45, 2.75) is 70.8 Å². The summed E-state index contributed by atoms with van der Waals surface area (Å²) in [6, 6.07) is 0.535. The van der Waals surface area contributed by atoms with E-state index in [1.54, 1.807) is 6.92 Å². The van der Waals surface area contributed by atoms with Gasteiger partial charge in [0.2, 0.25) is 5.91 Å². The molecule has 0 aromatic rings. The molecule has 1 amide bonds. The average molecular weight is 292 g/mol. The first-order valence-corrected chi connectivity index (χ1v) is 9.19. The van der Waals surface area contributed by atoms with Gasteiger partial charge in [0.1, 0.15) is 0 Å². The fourth-order valence-corrected chi connectivity index (χ4v) is 4.33. The fourth-order valence-electron chi connectivity index (χ4n) is 4.33. The minimum Gasteiger partial charge on any atom is -0.341 e. The van der Waals surface area contributed by atoms with Crippen molar-refractivity contribution in [3.05, 3.63) is 0 Å². The molecule has 0 spiro atoms. The molecule has 3 rings (SSSR count). The van der Waals surface area contributed by atoms with E-state index in [-0.39, 0.29) is 5.91 Å². The SMILES string of the molecule is CC(=O)N1CC(CC2CC2)CC(NCC2CCCCC2)C1. The zero-order valence-corrected chi connectivity index (χ0v) is 13.7. The van der Waals surface area contributed by atoms with E-state index < -0.39 is 0 Å². The quantitative estimate of drug-likeness (QED) is 0.844. The predicted molar refractivity (Wildman–Crippen MR) is 86.1 cm³/mol. The van der Waals surface area contributed by atoms with E-state index >= 15 is 0 Å². The topological polar surface area (TPSA) is 32.3 Å². The van der Waals surface area contributed by atoms with Crippen LogP contribution in [0.4, 0.5) is 0 Å². The molecule has 0 bridgehead atoms. The van der Waals surface area contributed by atoms with E-state index in [0.29, 0.717) is 6.04 Å². The van der Waals surface area contributed by atoms with Gasteiger partial charge in [-0.3, -0.25) is 4.79 Å². The van der Waals surface area contributed by atoms with Crippen LogP contribution in [-0.2, 0) is 4.79 Å². The molecule has 21 heavy (non-hydrogen) atoms. The molecule has 3 fully saturated rings. The van der Waals surface area contributed by atoms with Crippen molar-refractivity contribution < 1.29 is 4.79 Å². The van der Waals surface area contributed by atoms with Crippen molar-refractivity contribution in [1.29, 1.82) is 0 Å². The Hall–Kier alpha value is -0.570. The van der Waals surface area contributed by atoms with Crippen LogP contribution in [0.5, 0.6) is 0 Å². The van der Waals surface area contributed by atoms with E-state index in [9.17, 15) is 4.79 Å². The molecule has 0 aromatic carbocycles. The summed E-state index contributed by atoms with van der Waals surface area (Å²) >= 11 is 0. The van der Waals surface area contributed by atoms with Gasteiger partial charge in [-0.25, -0.2) is 0 Å². The molecule has 1 N–H and O–H groups in total. The Morgan fingerprint density at radius 2 is 1.76 bits per heavy atom. The molecule has 2 atom stereocenters. The molecule has 3 aliphatic rings. The minimum atomic E-state index is 0.264. The molecular weight excluding hydrogens is 260 g/mol. The summed E-state index contributed by atoms with van der Waals surface area (Å²) in [6.45, 7) is 4.85. The largest absolute Gasteiger partial charge is 0.341 e. The summed E-state index contributed by atoms with van der Waals surface area (Å²) in [5.74, 6) is 2.85. The maximum Gasteiger partial charge on any atom is 0.219 e. The van der Waals surface area contributed by atoms with Gasteiger partial charge < -0.3 is 10.2 Å². The third-order valence-electron chi connectivity index (χ3n) is 5.77. The number of piperidine rings is 1. The van der Waals surface area contributed by atoms with Gasteiger partial charge in [-0.2, -0.15) is 0 Å². The summed E-state index contributed by atoms with van der Waals surface area (Å²) in [5.41, 5.74) is 0. The second kappa shape index (κ2) is 7.13. The highest BCUT2D eigenvalue weighted by atomic mass is 16.2. The lowest BCUT2D eigenvalue weighted by molar-refractivity contribution is -0.131. The summed E-state index contributed by atoms with van der Waals surface area (Å²) < 4.78 is 0. The Balaban J connectivity index is 1.48. The van der Waals surface area contributed by atoms with E-state index in [0.717, 1.165) is 30.8 Å². The Labute approximate surface area is 129 Å². The van der Waals surface area contributed by atoms with Gasteiger partial charge in [0.25, 0.3) is 0 Å². The van der Waals surface area contributed by atoms with Crippen molar-refractivity contribution in [3.8, 4) is 0 Å². The zero-order valence-electron chi connectivity index (χ0n) is 13.7. The standard InChI is InChI=1S/C18H32N2O/c1-14(21)20-12-17(9-15-7-8-15)10-18(13-20)19-11-16-5-3-2-4-6-16/h15-19H,2-13H2,1H3. The summed E-state index contributed by atoms with van der Waals surface area (Å²) in [7, 11) is 0. The van der Waals surface area contributed by atoms with Gasteiger partial charge in [-0.05, 0) is 50.0 Å². The van der Waals surface area contributed by atoms with Crippen molar-refractivity contribution in [2.24, 2.45) is 17.8 Å². The number of likely N-dealkylation sites (tertiary alicyclic amines) is 1. The summed E-state index contributed by atoms with van der Waals surface area (Å²) in [6.07, 6.45) is 12.6. The highest BCUT2D eigenvalue weighted by molar-refractivity contribution is 5.73. The Morgan fingerprint density at radius 1 is 1.00 bits per heavy atom. The zero-order chi connectivity index (χ0) is 14.7. The number of carbonyl (C=O) groups is 1. The Morgan fingerprint density at radius 3 is 2.43 bits per heavy atom. The highest BCUT2D eigenvalue weighted by Crippen LogP contribution is 2.37. The number of nitrogens with zero attached hydrogens (tertiary/aromatic N) is 1. The number of carbonyl (C=O) groups excluding carboxylic acids is 1. The molecule has 120 valence electrons. The molecule has 3 heteroatoms. The van der Waals surface area contributed by atoms with Crippen molar-refractivity contribution in [1.82, 2.24) is 10.2 Å². The maximum absolute atomic E-state index is 11.8. The molecule has 3 nitrogen and oxygen atoms in total. The Kier molecular flexibility index (Phi) is 5.20. The lowest BCUT2D eigenvalue weighted by Gasteiger charge is -2.38. The smallest absolute Gasteiger partial charge is 0.219 e. The number of rotatable bonds is 5. The normalized spacial score (nSPS) is 31.4. The molecule has 0 aromatic heterocycles. The maximum atomic E-state index is 11.8. The van der Waals surface area contributed by atoms with Crippen LogP contribution in [0, 0.1) is 17.8 Å². The van der Waals surface area contributed by atoms with Crippen molar-refractivity contribution in [3.63, 3.8) is 0 Å². The first-order valence-electron chi connectivity index (χ1n) is 9.19. The third kappa shape index (κ3) is 4.70. The van der Waals surface area contributed by atoms with E-state index in [2.05, 4.69) is 10.2 Å². The van der Waals surface area contributed by atoms with Crippen molar-refractivity contribution in [2.75, 3.05) is 19.6 Å². The number of hydrogen-bond acceptors (Lipinski definition) is 2. The van der Waals surface area contributed by atoms with Crippen LogP contribution < -0.4 is 5.32 Å². The van der Waals surface area contributed by atoms with Crippen molar-refractivity contribution >= 4 is 5.91 Å². The van der Waals surface area contributed by atoms with E-state index in [1.807, 2.05) is 0 Å². The van der Waals surface area contributed by atoms with E-state index in [4.69, 9.17) is 0 Å². The molecule has 1 aliphatic heterocycles. The summed E-state index contributed by atoms with van der Waals surface area (Å²) in [5, 5.41) is 3.81. The van der Waals surface area contributed by atoms with Crippen LogP contribution in [0.3, 0.4) is 0 Å². The van der Waals surface area contributed by atoms with Crippen LogP contribution in [-0.4, -0.2) is 36.5 Å². The second-order valence-corrected chi connectivity index (χ2v) is 7.81. The number of amides is 1. The van der Waals surface area contributed by atoms with Gasteiger partial charge in [-0.15, -0.1) is 0 Å². The Bertz CT molecular complexity index is 347. The summed E-state index contributed by atoms with van der Waals surface area (Å²) in [4.78, 5) is 13.9. The van der Waals surface area contributed by atoms with Gasteiger partial charge >= 0.3 is 0 Å². The first-order chi connectivity index (χ1) is 10.2. The average Bonchev–Trinajstić information content (AvgIpc) is 3.30. The van der Waals surface area contributed by atoms with Gasteiger partial charge in [0.05, 0.1) is 0 Å².